The van der Waals surface area contributed by atoms with Crippen LogP contribution in [0.5, 0.6) is 0 Å². The van der Waals surface area contributed by atoms with Crippen molar-refractivity contribution in [2.75, 3.05) is 39.0 Å². The van der Waals surface area contributed by atoms with Crippen molar-refractivity contribution < 1.29 is 33.4 Å². The fourth-order valence-corrected chi connectivity index (χ4v) is 9.34. The van der Waals surface area contributed by atoms with E-state index in [1.807, 2.05) is 25.7 Å². The first-order valence-corrected chi connectivity index (χ1v) is 21.0. The van der Waals surface area contributed by atoms with Gasteiger partial charge >= 0.3 is 12.2 Å². The van der Waals surface area contributed by atoms with E-state index >= 15 is 0 Å². The van der Waals surface area contributed by atoms with Crippen LogP contribution in [0, 0.1) is 5.92 Å². The summed E-state index contributed by atoms with van der Waals surface area (Å²) in [7, 11) is 2.59. The molecule has 7 rings (SSSR count). The standard InChI is InChI=1S/C42H52N8O7S/c1-25(2)34(48-41(54)56-5)38(52)50-24-58-23-42(50,3)39-43-21-31(45-39)28-15-11-26(12-16-28)27-13-17-29(18-14-27)35-32-22-57-20-7-6-9-30(46-40(53)55-4)37(51)49-19-8-10-33(49)36(44-32)47-35/h11-18,21,25,30,33-34H,6-10,19-20,22-24H2,1-5H3,(H,43,45)(H,44,47)(H,46,53)(H,48,54)/t30-,33-,34-,42-/m0/s1. The maximum atomic E-state index is 13.8. The summed E-state index contributed by atoms with van der Waals surface area (Å²) in [6.45, 7) is 7.26. The van der Waals surface area contributed by atoms with Crippen LogP contribution < -0.4 is 10.6 Å². The zero-order chi connectivity index (χ0) is 41.0. The van der Waals surface area contributed by atoms with Crippen LogP contribution in [0.2, 0.25) is 0 Å². The van der Waals surface area contributed by atoms with Crippen molar-refractivity contribution in [2.24, 2.45) is 5.92 Å². The average Bonchev–Trinajstić information content (AvgIpc) is 4.07. The number of carbonyl (C=O) groups is 4. The molecule has 2 aromatic heterocycles. The average molecular weight is 813 g/mol. The molecule has 4 N–H and O–H groups in total. The van der Waals surface area contributed by atoms with Gasteiger partial charge in [-0.15, -0.1) is 11.8 Å². The fourth-order valence-electron chi connectivity index (χ4n) is 7.96. The first-order chi connectivity index (χ1) is 28.0. The van der Waals surface area contributed by atoms with Gasteiger partial charge in [-0.3, -0.25) is 9.59 Å². The molecule has 16 heteroatoms. The number of alkyl carbamates (subject to hydrolysis) is 2. The third-order valence-electron chi connectivity index (χ3n) is 11.3. The summed E-state index contributed by atoms with van der Waals surface area (Å²) in [4.78, 5) is 72.1. The Morgan fingerprint density at radius 1 is 0.931 bits per heavy atom. The van der Waals surface area contributed by atoms with Crippen molar-refractivity contribution in [1.82, 2.24) is 40.4 Å². The number of thioether (sulfide) groups is 1. The topological polar surface area (TPSA) is 184 Å². The Bertz CT molecular complexity index is 2100. The molecule has 2 saturated heterocycles. The largest absolute Gasteiger partial charge is 0.453 e. The molecule has 2 aromatic carbocycles. The number of aromatic amines is 2. The van der Waals surface area contributed by atoms with Gasteiger partial charge in [-0.1, -0.05) is 62.4 Å². The lowest BCUT2D eigenvalue weighted by molar-refractivity contribution is -0.138. The molecule has 0 aliphatic carbocycles. The molecular weight excluding hydrogens is 761 g/mol. The molecular formula is C42H52N8O7S. The van der Waals surface area contributed by atoms with Gasteiger partial charge < -0.3 is 44.6 Å². The summed E-state index contributed by atoms with van der Waals surface area (Å²) >= 11 is 1.65. The van der Waals surface area contributed by atoms with Crippen molar-refractivity contribution in [1.29, 1.82) is 0 Å². The van der Waals surface area contributed by atoms with Crippen LogP contribution in [0.1, 0.15) is 76.3 Å². The van der Waals surface area contributed by atoms with Crippen LogP contribution >= 0.6 is 11.8 Å². The number of hydrogen-bond donors (Lipinski definition) is 4. The number of imidazole rings is 2. The first kappa shape index (κ1) is 40.8. The molecule has 3 aliphatic heterocycles. The molecule has 0 saturated carbocycles. The Hall–Kier alpha value is -5.35. The Labute approximate surface area is 342 Å². The van der Waals surface area contributed by atoms with E-state index in [4.69, 9.17) is 24.2 Å². The maximum absolute atomic E-state index is 13.8. The van der Waals surface area contributed by atoms with E-state index in [2.05, 4.69) is 69.1 Å². The minimum atomic E-state index is -0.726. The predicted octanol–water partition coefficient (Wildman–Crippen LogP) is 6.35. The molecule has 2 bridgehead atoms. The molecule has 0 radical (unpaired) electrons. The first-order valence-electron chi connectivity index (χ1n) is 19.8. The van der Waals surface area contributed by atoms with Gasteiger partial charge in [0.05, 0.1) is 56.0 Å². The van der Waals surface area contributed by atoms with Gasteiger partial charge in [0, 0.05) is 24.5 Å². The Balaban J connectivity index is 1.07. The number of aromatic nitrogens is 4. The van der Waals surface area contributed by atoms with Crippen molar-refractivity contribution in [3.05, 3.63) is 72.1 Å². The summed E-state index contributed by atoms with van der Waals surface area (Å²) in [6.07, 6.45) is 4.13. The molecule has 5 heterocycles. The third-order valence-corrected chi connectivity index (χ3v) is 12.5. The molecule has 308 valence electrons. The van der Waals surface area contributed by atoms with E-state index in [9.17, 15) is 19.2 Å². The summed E-state index contributed by atoms with van der Waals surface area (Å²) in [5, 5.41) is 5.45. The molecule has 4 atom stereocenters. The van der Waals surface area contributed by atoms with E-state index in [0.29, 0.717) is 49.5 Å². The lowest BCUT2D eigenvalue weighted by Crippen LogP contribution is -2.55. The number of rotatable bonds is 8. The van der Waals surface area contributed by atoms with Crippen LogP contribution in [0.3, 0.4) is 0 Å². The van der Waals surface area contributed by atoms with Crippen molar-refractivity contribution in [3.8, 4) is 33.6 Å². The molecule has 4 aromatic rings. The summed E-state index contributed by atoms with van der Waals surface area (Å²) in [5.74, 6) is 2.11. The Morgan fingerprint density at radius 2 is 1.62 bits per heavy atom. The van der Waals surface area contributed by atoms with Gasteiger partial charge in [-0.25, -0.2) is 19.6 Å². The molecule has 4 amide bonds. The van der Waals surface area contributed by atoms with Gasteiger partial charge in [0.25, 0.3) is 0 Å². The van der Waals surface area contributed by atoms with E-state index in [0.717, 1.165) is 65.0 Å². The molecule has 15 nitrogen and oxygen atoms in total. The number of amides is 4. The van der Waals surface area contributed by atoms with E-state index in [1.165, 1.54) is 14.2 Å². The summed E-state index contributed by atoms with van der Waals surface area (Å²) < 4.78 is 15.7. The number of nitrogens with zero attached hydrogens (tertiary/aromatic N) is 4. The fraction of sp³-hybridized carbons (Fsp3) is 0.476. The summed E-state index contributed by atoms with van der Waals surface area (Å²) in [5.41, 5.74) is 5.78. The van der Waals surface area contributed by atoms with Crippen LogP contribution in [-0.2, 0) is 35.9 Å². The Kier molecular flexibility index (Phi) is 12.4. The molecule has 2 fully saturated rings. The van der Waals surface area contributed by atoms with Crippen LogP contribution in [0.4, 0.5) is 9.59 Å². The minimum Gasteiger partial charge on any atom is -0.453 e. The van der Waals surface area contributed by atoms with E-state index < -0.39 is 29.8 Å². The van der Waals surface area contributed by atoms with Crippen molar-refractivity contribution in [2.45, 2.75) is 83.1 Å². The molecule has 0 spiro atoms. The highest BCUT2D eigenvalue weighted by molar-refractivity contribution is 7.99. The van der Waals surface area contributed by atoms with Gasteiger partial charge in [0.2, 0.25) is 11.8 Å². The van der Waals surface area contributed by atoms with E-state index in [-0.39, 0.29) is 23.8 Å². The van der Waals surface area contributed by atoms with Crippen LogP contribution in [-0.4, -0.2) is 105 Å². The van der Waals surface area contributed by atoms with Gasteiger partial charge in [-0.2, -0.15) is 0 Å². The zero-order valence-corrected chi connectivity index (χ0v) is 34.4. The molecule has 0 unspecified atom stereocenters. The number of ether oxygens (including phenoxy) is 3. The number of carbonyl (C=O) groups excluding carboxylic acids is 4. The quantitative estimate of drug-likeness (QED) is 0.156. The highest BCUT2D eigenvalue weighted by Crippen LogP contribution is 2.40. The minimum absolute atomic E-state index is 0.122. The van der Waals surface area contributed by atoms with Crippen LogP contribution in [0.25, 0.3) is 33.6 Å². The molecule has 58 heavy (non-hydrogen) atoms. The van der Waals surface area contributed by atoms with Crippen LogP contribution in [0.15, 0.2) is 54.7 Å². The SMILES string of the molecule is COC(=O)N[C@H]1CCCCOCc2[nH]c(nc2-c2ccc(-c3ccc(-c4cnc([C@]5(C)CSCN5C(=O)[C@@H](NC(=O)OC)C(C)C)[nH]4)cc3)cc2)[C@@H]2CCCN2C1=O. The monoisotopic (exact) mass is 812 g/mol. The highest BCUT2D eigenvalue weighted by Gasteiger charge is 2.46. The predicted molar refractivity (Wildman–Crippen MR) is 219 cm³/mol. The normalized spacial score (nSPS) is 21.7. The Morgan fingerprint density at radius 3 is 2.31 bits per heavy atom. The van der Waals surface area contributed by atoms with Crippen molar-refractivity contribution >= 4 is 35.8 Å². The highest BCUT2D eigenvalue weighted by atomic mass is 32.2. The lowest BCUT2D eigenvalue weighted by atomic mass is 9.97. The van der Waals surface area contributed by atoms with Gasteiger partial charge in [-0.05, 0) is 61.6 Å². The second-order valence-corrected chi connectivity index (χ2v) is 16.5. The number of methoxy groups -OCH3 is 2. The number of H-pyrrole nitrogens is 2. The second-order valence-electron chi connectivity index (χ2n) is 15.6. The lowest BCUT2D eigenvalue weighted by Gasteiger charge is -2.36. The second kappa shape index (κ2) is 17.6. The number of benzene rings is 2. The smallest absolute Gasteiger partial charge is 0.407 e. The molecule has 3 aliphatic rings. The maximum Gasteiger partial charge on any atom is 0.407 e. The number of nitrogens with one attached hydrogen (secondary N) is 4. The van der Waals surface area contributed by atoms with E-state index in [1.54, 1.807) is 22.9 Å². The third kappa shape index (κ3) is 8.44. The summed E-state index contributed by atoms with van der Waals surface area (Å²) in [6, 6.07) is 14.9. The number of hydrogen-bond acceptors (Lipinski definition) is 10. The van der Waals surface area contributed by atoms with Crippen molar-refractivity contribution in [3.63, 3.8) is 0 Å². The number of fused-ring (bicyclic) bond motifs is 4. The van der Waals surface area contributed by atoms with Gasteiger partial charge in [0.1, 0.15) is 29.3 Å². The van der Waals surface area contributed by atoms with Gasteiger partial charge in [0.15, 0.2) is 0 Å². The zero-order valence-electron chi connectivity index (χ0n) is 33.6.